The molecule has 0 amide bonds. The second-order valence-electron chi connectivity index (χ2n) is 2.09. The number of rotatable bonds is 2. The van der Waals surface area contributed by atoms with Gasteiger partial charge in [-0.2, -0.15) is 0 Å². The van der Waals surface area contributed by atoms with Crippen LogP contribution in [-0.2, 0) is 0 Å². The third-order valence-corrected chi connectivity index (χ3v) is 2.35. The van der Waals surface area contributed by atoms with Crippen molar-refractivity contribution < 1.29 is 0 Å². The fourth-order valence-electron chi connectivity index (χ4n) is 0.975. The smallest absolute Gasteiger partial charge is 0.0180 e. The summed E-state index contributed by atoms with van der Waals surface area (Å²) >= 11 is 1.67. The Morgan fingerprint density at radius 3 is 2.78 bits per heavy atom. The number of nitrogens with two attached hydrogens (primary N) is 1. The average molecular weight is 141 g/mol. The van der Waals surface area contributed by atoms with Crippen molar-refractivity contribution in [2.45, 2.75) is 19.3 Å². The molecule has 1 rings (SSSR count). The van der Waals surface area contributed by atoms with Crippen molar-refractivity contribution in [2.75, 3.05) is 0 Å². The van der Waals surface area contributed by atoms with Crippen molar-refractivity contribution in [1.82, 2.24) is 0 Å². The highest BCUT2D eigenvalue weighted by atomic mass is 32.2. The fourth-order valence-corrected chi connectivity index (χ4v) is 1.69. The number of thioether (sulfide) groups is 1. The standard InChI is InChI=1S/C7H11NS/c1-2-9-7-5-3-4-6(7)8/h2H,1,3-5,8H2. The predicted octanol–water partition coefficient (Wildman–Crippen LogP) is 2.22. The van der Waals surface area contributed by atoms with Crippen LogP contribution in [0.3, 0.4) is 0 Å². The molecule has 0 spiro atoms. The summed E-state index contributed by atoms with van der Waals surface area (Å²) in [4.78, 5) is 1.32. The van der Waals surface area contributed by atoms with E-state index in [4.69, 9.17) is 5.73 Å². The summed E-state index contributed by atoms with van der Waals surface area (Å²) < 4.78 is 0. The average Bonchev–Trinajstić information content (AvgIpc) is 2.18. The molecule has 1 aliphatic carbocycles. The van der Waals surface area contributed by atoms with Crippen LogP contribution < -0.4 is 5.73 Å². The normalized spacial score (nSPS) is 18.7. The molecule has 2 heteroatoms. The van der Waals surface area contributed by atoms with Crippen LogP contribution in [-0.4, -0.2) is 0 Å². The Bertz CT molecular complexity index is 149. The van der Waals surface area contributed by atoms with E-state index in [2.05, 4.69) is 6.58 Å². The summed E-state index contributed by atoms with van der Waals surface area (Å²) in [6.45, 7) is 3.63. The zero-order valence-electron chi connectivity index (χ0n) is 5.39. The maximum atomic E-state index is 5.68. The molecule has 0 bridgehead atoms. The quantitative estimate of drug-likeness (QED) is 0.638. The fraction of sp³-hybridized carbons (Fsp3) is 0.429. The van der Waals surface area contributed by atoms with Gasteiger partial charge < -0.3 is 5.73 Å². The maximum Gasteiger partial charge on any atom is 0.0180 e. The molecule has 0 saturated carbocycles. The highest BCUT2D eigenvalue weighted by Crippen LogP contribution is 2.31. The van der Waals surface area contributed by atoms with Crippen molar-refractivity contribution in [2.24, 2.45) is 5.73 Å². The van der Waals surface area contributed by atoms with Crippen molar-refractivity contribution in [1.29, 1.82) is 0 Å². The summed E-state index contributed by atoms with van der Waals surface area (Å²) in [7, 11) is 0. The number of hydrogen-bond donors (Lipinski definition) is 1. The van der Waals surface area contributed by atoms with E-state index < -0.39 is 0 Å². The molecule has 0 aliphatic heterocycles. The lowest BCUT2D eigenvalue weighted by atomic mass is 10.3. The van der Waals surface area contributed by atoms with Crippen molar-refractivity contribution in [3.63, 3.8) is 0 Å². The summed E-state index contributed by atoms with van der Waals surface area (Å²) in [6, 6.07) is 0. The van der Waals surface area contributed by atoms with E-state index in [1.165, 1.54) is 11.3 Å². The summed E-state index contributed by atoms with van der Waals surface area (Å²) in [5.74, 6) is 0. The lowest BCUT2D eigenvalue weighted by molar-refractivity contribution is 0.898. The molecule has 0 radical (unpaired) electrons. The van der Waals surface area contributed by atoms with E-state index in [-0.39, 0.29) is 0 Å². The lowest BCUT2D eigenvalue weighted by Crippen LogP contribution is -1.92. The number of hydrogen-bond acceptors (Lipinski definition) is 2. The van der Waals surface area contributed by atoms with Gasteiger partial charge >= 0.3 is 0 Å². The molecular formula is C7H11NS. The minimum Gasteiger partial charge on any atom is -0.401 e. The highest BCUT2D eigenvalue weighted by molar-refractivity contribution is 8.05. The molecule has 9 heavy (non-hydrogen) atoms. The molecule has 50 valence electrons. The molecule has 0 saturated heterocycles. The Balaban J connectivity index is 2.54. The van der Waals surface area contributed by atoms with Gasteiger partial charge in [0.15, 0.2) is 0 Å². The SMILES string of the molecule is C=CSC1=C(N)CCC1. The minimum atomic E-state index is 1.07. The van der Waals surface area contributed by atoms with Gasteiger partial charge in [0, 0.05) is 10.6 Å². The Morgan fingerprint density at radius 2 is 2.33 bits per heavy atom. The summed E-state index contributed by atoms with van der Waals surface area (Å²) in [6.07, 6.45) is 3.46. The Labute approximate surface area is 60.0 Å². The zero-order chi connectivity index (χ0) is 6.69. The molecule has 0 aromatic heterocycles. The van der Waals surface area contributed by atoms with Crippen LogP contribution in [0.5, 0.6) is 0 Å². The van der Waals surface area contributed by atoms with Crippen LogP contribution in [0.25, 0.3) is 0 Å². The van der Waals surface area contributed by atoms with E-state index >= 15 is 0 Å². The van der Waals surface area contributed by atoms with Crippen molar-refractivity contribution in [3.8, 4) is 0 Å². The molecule has 0 unspecified atom stereocenters. The Kier molecular flexibility index (Phi) is 2.22. The van der Waals surface area contributed by atoms with Gasteiger partial charge in [-0.05, 0) is 24.7 Å². The Hall–Kier alpha value is -0.370. The zero-order valence-corrected chi connectivity index (χ0v) is 6.21. The first-order valence-corrected chi connectivity index (χ1v) is 3.97. The van der Waals surface area contributed by atoms with E-state index in [1.807, 2.05) is 5.41 Å². The van der Waals surface area contributed by atoms with Crippen LogP contribution in [0.2, 0.25) is 0 Å². The van der Waals surface area contributed by atoms with E-state index in [0.717, 1.165) is 18.5 Å². The predicted molar refractivity (Wildman–Crippen MR) is 42.9 cm³/mol. The molecule has 0 aromatic rings. The van der Waals surface area contributed by atoms with Gasteiger partial charge in [-0.1, -0.05) is 6.58 Å². The van der Waals surface area contributed by atoms with Gasteiger partial charge in [-0.15, -0.1) is 11.8 Å². The van der Waals surface area contributed by atoms with Gasteiger partial charge in [0.2, 0.25) is 0 Å². The second-order valence-corrected chi connectivity index (χ2v) is 3.15. The largest absolute Gasteiger partial charge is 0.401 e. The van der Waals surface area contributed by atoms with E-state index in [0.29, 0.717) is 0 Å². The topological polar surface area (TPSA) is 26.0 Å². The van der Waals surface area contributed by atoms with Crippen LogP contribution in [0.4, 0.5) is 0 Å². The van der Waals surface area contributed by atoms with Crippen LogP contribution in [0.15, 0.2) is 22.6 Å². The molecule has 2 N–H and O–H groups in total. The molecule has 1 nitrogen and oxygen atoms in total. The van der Waals surface area contributed by atoms with Crippen LogP contribution in [0, 0.1) is 0 Å². The van der Waals surface area contributed by atoms with Gasteiger partial charge in [-0.25, -0.2) is 0 Å². The highest BCUT2D eigenvalue weighted by Gasteiger charge is 2.09. The third-order valence-electron chi connectivity index (χ3n) is 1.43. The van der Waals surface area contributed by atoms with E-state index in [1.54, 1.807) is 11.8 Å². The maximum absolute atomic E-state index is 5.68. The van der Waals surface area contributed by atoms with Crippen molar-refractivity contribution >= 4 is 11.8 Å². The first-order valence-electron chi connectivity index (χ1n) is 3.09. The van der Waals surface area contributed by atoms with Gasteiger partial charge in [0.05, 0.1) is 0 Å². The van der Waals surface area contributed by atoms with Crippen molar-refractivity contribution in [3.05, 3.63) is 22.6 Å². The van der Waals surface area contributed by atoms with Gasteiger partial charge in [-0.3, -0.25) is 0 Å². The first-order chi connectivity index (χ1) is 4.34. The van der Waals surface area contributed by atoms with Gasteiger partial charge in [0.1, 0.15) is 0 Å². The third kappa shape index (κ3) is 1.52. The molecule has 0 aromatic carbocycles. The van der Waals surface area contributed by atoms with Gasteiger partial charge in [0.25, 0.3) is 0 Å². The Morgan fingerprint density at radius 1 is 1.56 bits per heavy atom. The lowest BCUT2D eigenvalue weighted by Gasteiger charge is -1.95. The van der Waals surface area contributed by atoms with Crippen LogP contribution in [0.1, 0.15) is 19.3 Å². The molecule has 0 fully saturated rings. The first kappa shape index (κ1) is 6.75. The van der Waals surface area contributed by atoms with E-state index in [9.17, 15) is 0 Å². The molecule has 0 atom stereocenters. The molecule has 1 aliphatic rings. The molecule has 0 heterocycles. The monoisotopic (exact) mass is 141 g/mol. The summed E-state index contributed by atoms with van der Waals surface area (Å²) in [5.41, 5.74) is 6.75. The summed E-state index contributed by atoms with van der Waals surface area (Å²) in [5, 5.41) is 1.84. The molecular weight excluding hydrogens is 130 g/mol. The second kappa shape index (κ2) is 2.97. The van der Waals surface area contributed by atoms with Crippen LogP contribution >= 0.6 is 11.8 Å². The minimum absolute atomic E-state index is 1.07. The number of allylic oxidation sites excluding steroid dienone is 2.